The number of carbonyl (C=O) groups excluding carboxylic acids is 2. The Morgan fingerprint density at radius 3 is 3.00 bits per heavy atom. The maximum Gasteiger partial charge on any atom is 0.409 e. The van der Waals surface area contributed by atoms with Gasteiger partial charge in [-0.05, 0) is 30.5 Å². The normalized spacial score (nSPS) is 17.6. The van der Waals surface area contributed by atoms with Crippen LogP contribution in [-0.2, 0) is 16.0 Å². The quantitative estimate of drug-likeness (QED) is 0.928. The van der Waals surface area contributed by atoms with Crippen LogP contribution >= 0.6 is 11.6 Å². The van der Waals surface area contributed by atoms with E-state index in [1.807, 2.05) is 24.3 Å². The Morgan fingerprint density at radius 1 is 1.48 bits per heavy atom. The molecule has 0 aliphatic carbocycles. The first-order valence-electron chi connectivity index (χ1n) is 6.95. The second-order valence-electron chi connectivity index (χ2n) is 5.10. The highest BCUT2D eigenvalue weighted by atomic mass is 35.5. The minimum Gasteiger partial charge on any atom is -0.453 e. The molecule has 1 aromatic carbocycles. The van der Waals surface area contributed by atoms with Crippen LogP contribution in [0.2, 0.25) is 5.02 Å². The molecular weight excluding hydrogens is 292 g/mol. The van der Waals surface area contributed by atoms with Crippen LogP contribution in [0.4, 0.5) is 4.79 Å². The summed E-state index contributed by atoms with van der Waals surface area (Å²) in [6, 6.07) is 7.51. The van der Waals surface area contributed by atoms with Crippen LogP contribution in [-0.4, -0.2) is 43.1 Å². The molecule has 2 amide bonds. The SMILES string of the molecule is COC(=O)N1CC[C@@H](NC(=O)CCc2cccc(Cl)c2)C1. The van der Waals surface area contributed by atoms with Crippen molar-refractivity contribution in [2.45, 2.75) is 25.3 Å². The highest BCUT2D eigenvalue weighted by Crippen LogP contribution is 2.13. The van der Waals surface area contributed by atoms with Gasteiger partial charge in [0.15, 0.2) is 0 Å². The Labute approximate surface area is 129 Å². The number of nitrogens with zero attached hydrogens (tertiary/aromatic N) is 1. The van der Waals surface area contributed by atoms with Crippen LogP contribution in [0.3, 0.4) is 0 Å². The molecule has 1 aliphatic heterocycles. The van der Waals surface area contributed by atoms with Crippen molar-refractivity contribution in [2.75, 3.05) is 20.2 Å². The van der Waals surface area contributed by atoms with E-state index in [-0.39, 0.29) is 18.0 Å². The van der Waals surface area contributed by atoms with Crippen molar-refractivity contribution in [1.82, 2.24) is 10.2 Å². The predicted molar refractivity (Wildman–Crippen MR) is 80.3 cm³/mol. The molecule has 21 heavy (non-hydrogen) atoms. The Kier molecular flexibility index (Phi) is 5.44. The molecular formula is C15H19ClN2O3. The Bertz CT molecular complexity index is 521. The summed E-state index contributed by atoms with van der Waals surface area (Å²) in [4.78, 5) is 24.9. The van der Waals surface area contributed by atoms with Crippen molar-refractivity contribution < 1.29 is 14.3 Å². The van der Waals surface area contributed by atoms with Gasteiger partial charge in [0.2, 0.25) is 5.91 Å². The number of hydrogen-bond donors (Lipinski definition) is 1. The fraction of sp³-hybridized carbons (Fsp3) is 0.467. The van der Waals surface area contributed by atoms with Gasteiger partial charge in [-0.1, -0.05) is 23.7 Å². The zero-order chi connectivity index (χ0) is 15.2. The third-order valence-electron chi connectivity index (χ3n) is 3.52. The minimum absolute atomic E-state index is 0.00769. The van der Waals surface area contributed by atoms with Gasteiger partial charge >= 0.3 is 6.09 Å². The molecule has 0 spiro atoms. The Balaban J connectivity index is 1.74. The number of carbonyl (C=O) groups is 2. The molecule has 1 aliphatic rings. The summed E-state index contributed by atoms with van der Waals surface area (Å²) < 4.78 is 4.67. The molecule has 1 fully saturated rings. The second kappa shape index (κ2) is 7.31. The van der Waals surface area contributed by atoms with Crippen molar-refractivity contribution in [2.24, 2.45) is 0 Å². The topological polar surface area (TPSA) is 58.6 Å². The lowest BCUT2D eigenvalue weighted by atomic mass is 10.1. The lowest BCUT2D eigenvalue weighted by molar-refractivity contribution is -0.121. The van der Waals surface area contributed by atoms with Gasteiger partial charge in [0.05, 0.1) is 7.11 Å². The van der Waals surface area contributed by atoms with E-state index in [1.165, 1.54) is 7.11 Å². The highest BCUT2D eigenvalue weighted by molar-refractivity contribution is 6.30. The molecule has 1 N–H and O–H groups in total. The van der Waals surface area contributed by atoms with Crippen LogP contribution in [0.15, 0.2) is 24.3 Å². The van der Waals surface area contributed by atoms with E-state index in [1.54, 1.807) is 4.90 Å². The van der Waals surface area contributed by atoms with Gasteiger partial charge in [-0.3, -0.25) is 4.79 Å². The average Bonchev–Trinajstić information content (AvgIpc) is 2.93. The number of benzene rings is 1. The predicted octanol–water partition coefficient (Wildman–Crippen LogP) is 2.23. The number of aryl methyl sites for hydroxylation is 1. The van der Waals surface area contributed by atoms with E-state index in [9.17, 15) is 9.59 Å². The number of rotatable bonds is 4. The second-order valence-corrected chi connectivity index (χ2v) is 5.54. The first-order valence-corrected chi connectivity index (χ1v) is 7.33. The van der Waals surface area contributed by atoms with Gasteiger partial charge < -0.3 is 15.0 Å². The minimum atomic E-state index is -0.342. The van der Waals surface area contributed by atoms with Crippen LogP contribution in [0, 0.1) is 0 Å². The molecule has 0 unspecified atom stereocenters. The van der Waals surface area contributed by atoms with Gasteiger partial charge in [0.25, 0.3) is 0 Å². The fourth-order valence-electron chi connectivity index (χ4n) is 2.42. The smallest absolute Gasteiger partial charge is 0.409 e. The standard InChI is InChI=1S/C15H19ClN2O3/c1-21-15(20)18-8-7-13(10-18)17-14(19)6-5-11-3-2-4-12(16)9-11/h2-4,9,13H,5-8,10H2,1H3,(H,17,19)/t13-/m1/s1. The van der Waals surface area contributed by atoms with Gasteiger partial charge in [0, 0.05) is 30.6 Å². The van der Waals surface area contributed by atoms with Crippen LogP contribution in [0.5, 0.6) is 0 Å². The summed E-state index contributed by atoms with van der Waals surface area (Å²) in [5.74, 6) is -0.00769. The Hall–Kier alpha value is -1.75. The first-order chi connectivity index (χ1) is 10.1. The van der Waals surface area contributed by atoms with E-state index in [0.717, 1.165) is 12.0 Å². The lowest BCUT2D eigenvalue weighted by Crippen LogP contribution is -2.38. The van der Waals surface area contributed by atoms with E-state index in [4.69, 9.17) is 11.6 Å². The van der Waals surface area contributed by atoms with Crippen molar-refractivity contribution in [3.8, 4) is 0 Å². The first kappa shape index (κ1) is 15.6. The Morgan fingerprint density at radius 2 is 2.29 bits per heavy atom. The van der Waals surface area contributed by atoms with Crippen molar-refractivity contribution in [1.29, 1.82) is 0 Å². The van der Waals surface area contributed by atoms with E-state index < -0.39 is 0 Å². The zero-order valence-electron chi connectivity index (χ0n) is 12.0. The molecule has 1 heterocycles. The molecule has 0 bridgehead atoms. The van der Waals surface area contributed by atoms with Gasteiger partial charge in [-0.25, -0.2) is 4.79 Å². The van der Waals surface area contributed by atoms with Gasteiger partial charge in [-0.2, -0.15) is 0 Å². The number of ether oxygens (including phenoxy) is 1. The largest absolute Gasteiger partial charge is 0.453 e. The third kappa shape index (κ3) is 4.63. The summed E-state index contributed by atoms with van der Waals surface area (Å²) in [5, 5.41) is 3.63. The number of methoxy groups -OCH3 is 1. The van der Waals surface area contributed by atoms with Gasteiger partial charge in [-0.15, -0.1) is 0 Å². The fourth-order valence-corrected chi connectivity index (χ4v) is 2.64. The maximum atomic E-state index is 11.9. The molecule has 114 valence electrons. The highest BCUT2D eigenvalue weighted by Gasteiger charge is 2.27. The summed E-state index contributed by atoms with van der Waals surface area (Å²) in [7, 11) is 1.36. The summed E-state index contributed by atoms with van der Waals surface area (Å²) in [6.07, 6.45) is 1.48. The van der Waals surface area contributed by atoms with Crippen LogP contribution in [0.1, 0.15) is 18.4 Å². The van der Waals surface area contributed by atoms with Crippen LogP contribution in [0.25, 0.3) is 0 Å². The molecule has 5 nitrogen and oxygen atoms in total. The molecule has 0 radical (unpaired) electrons. The summed E-state index contributed by atoms with van der Waals surface area (Å²) in [6.45, 7) is 1.13. The van der Waals surface area contributed by atoms with Crippen molar-refractivity contribution >= 4 is 23.6 Å². The number of hydrogen-bond acceptors (Lipinski definition) is 3. The third-order valence-corrected chi connectivity index (χ3v) is 3.75. The number of likely N-dealkylation sites (tertiary alicyclic amines) is 1. The summed E-state index contributed by atoms with van der Waals surface area (Å²) in [5.41, 5.74) is 1.04. The number of nitrogens with one attached hydrogen (secondary N) is 1. The van der Waals surface area contributed by atoms with E-state index in [2.05, 4.69) is 10.1 Å². The monoisotopic (exact) mass is 310 g/mol. The van der Waals surface area contributed by atoms with Crippen LogP contribution < -0.4 is 5.32 Å². The molecule has 6 heteroatoms. The van der Waals surface area contributed by atoms with E-state index in [0.29, 0.717) is 31.0 Å². The van der Waals surface area contributed by atoms with Crippen molar-refractivity contribution in [3.05, 3.63) is 34.9 Å². The molecule has 1 aromatic rings. The summed E-state index contributed by atoms with van der Waals surface area (Å²) >= 11 is 5.91. The van der Waals surface area contributed by atoms with Crippen molar-refractivity contribution in [3.63, 3.8) is 0 Å². The molecule has 1 atom stereocenters. The number of halogens is 1. The van der Waals surface area contributed by atoms with E-state index >= 15 is 0 Å². The zero-order valence-corrected chi connectivity index (χ0v) is 12.7. The number of amides is 2. The van der Waals surface area contributed by atoms with Gasteiger partial charge in [0.1, 0.15) is 0 Å². The molecule has 2 rings (SSSR count). The maximum absolute atomic E-state index is 11.9. The average molecular weight is 311 g/mol. The molecule has 0 aromatic heterocycles. The molecule has 0 saturated carbocycles. The lowest BCUT2D eigenvalue weighted by Gasteiger charge is -2.15. The molecule has 1 saturated heterocycles.